The highest BCUT2D eigenvalue weighted by molar-refractivity contribution is 7.09. The average molecular weight is 283 g/mol. The molecule has 1 saturated heterocycles. The number of aryl methyl sites for hydroxylation is 1. The van der Waals surface area contributed by atoms with E-state index in [0.717, 1.165) is 12.8 Å². The molecule has 0 saturated carbocycles. The van der Waals surface area contributed by atoms with Gasteiger partial charge in [-0.25, -0.2) is 0 Å². The van der Waals surface area contributed by atoms with Crippen LogP contribution in [0, 0.1) is 0 Å². The Morgan fingerprint density at radius 1 is 1.68 bits per heavy atom. The summed E-state index contributed by atoms with van der Waals surface area (Å²) in [6.07, 6.45) is 2.66. The average Bonchev–Trinajstić information content (AvgIpc) is 2.99. The zero-order valence-electron chi connectivity index (χ0n) is 11.2. The quantitative estimate of drug-likeness (QED) is 0.836. The highest BCUT2D eigenvalue weighted by Gasteiger charge is 2.39. The van der Waals surface area contributed by atoms with Crippen LogP contribution in [-0.4, -0.2) is 35.9 Å². The van der Waals surface area contributed by atoms with Gasteiger partial charge in [-0.1, -0.05) is 6.07 Å². The van der Waals surface area contributed by atoms with Gasteiger partial charge in [0, 0.05) is 30.9 Å². The molecule has 1 aliphatic rings. The molecule has 1 aromatic heterocycles. The third kappa shape index (κ3) is 4.03. The summed E-state index contributed by atoms with van der Waals surface area (Å²) < 4.78 is 5.33. The third-order valence-electron chi connectivity index (χ3n) is 3.66. The van der Waals surface area contributed by atoms with Gasteiger partial charge in [-0.05, 0) is 31.2 Å². The lowest BCUT2D eigenvalue weighted by Crippen LogP contribution is -2.47. The molecule has 1 fully saturated rings. The summed E-state index contributed by atoms with van der Waals surface area (Å²) in [6, 6.07) is 4.11. The van der Waals surface area contributed by atoms with Crippen LogP contribution >= 0.6 is 11.3 Å². The number of thiophene rings is 1. The second kappa shape index (κ2) is 6.50. The van der Waals surface area contributed by atoms with Crippen molar-refractivity contribution >= 4 is 17.2 Å². The van der Waals surface area contributed by atoms with E-state index in [2.05, 4.69) is 11.4 Å². The number of hydrogen-bond acceptors (Lipinski definition) is 4. The van der Waals surface area contributed by atoms with Crippen LogP contribution in [0.3, 0.4) is 0 Å². The van der Waals surface area contributed by atoms with Crippen LogP contribution in [0.1, 0.15) is 31.1 Å². The topological polar surface area (TPSA) is 58.6 Å². The Hall–Kier alpha value is -0.910. The van der Waals surface area contributed by atoms with E-state index >= 15 is 0 Å². The van der Waals surface area contributed by atoms with Gasteiger partial charge in [-0.3, -0.25) is 4.79 Å². The maximum atomic E-state index is 11.7. The van der Waals surface area contributed by atoms with E-state index < -0.39 is 5.60 Å². The van der Waals surface area contributed by atoms with Crippen molar-refractivity contribution in [3.05, 3.63) is 22.4 Å². The minimum atomic E-state index is -0.899. The Balaban J connectivity index is 1.64. The normalized spacial score (nSPS) is 26.5. The van der Waals surface area contributed by atoms with Crippen LogP contribution in [0.5, 0.6) is 0 Å². The fourth-order valence-electron chi connectivity index (χ4n) is 2.22. The monoisotopic (exact) mass is 283 g/mol. The molecule has 5 heteroatoms. The van der Waals surface area contributed by atoms with Crippen molar-refractivity contribution in [3.8, 4) is 0 Å². The number of carbonyl (C=O) groups is 1. The fourth-order valence-corrected chi connectivity index (χ4v) is 2.97. The molecule has 1 aliphatic heterocycles. The molecular formula is C14H21NO3S. The molecule has 2 heterocycles. The molecule has 1 aromatic rings. The van der Waals surface area contributed by atoms with Crippen LogP contribution in [-0.2, 0) is 16.0 Å². The van der Waals surface area contributed by atoms with Gasteiger partial charge in [-0.2, -0.15) is 0 Å². The number of ether oxygens (including phenoxy) is 1. The maximum absolute atomic E-state index is 11.7. The Kier molecular flexibility index (Phi) is 4.96. The summed E-state index contributed by atoms with van der Waals surface area (Å²) in [5.74, 6) is 0.00378. The predicted octanol–water partition coefficient (Wildman–Crippen LogP) is 1.73. The second-order valence-electron chi connectivity index (χ2n) is 5.08. The van der Waals surface area contributed by atoms with Crippen LogP contribution in [0.4, 0.5) is 0 Å². The molecule has 0 bridgehead atoms. The van der Waals surface area contributed by atoms with Crippen LogP contribution in [0.2, 0.25) is 0 Å². The number of hydrogen-bond donors (Lipinski definition) is 2. The van der Waals surface area contributed by atoms with E-state index in [1.807, 2.05) is 18.4 Å². The highest BCUT2D eigenvalue weighted by atomic mass is 32.1. The first-order chi connectivity index (χ1) is 9.10. The number of carbonyl (C=O) groups excluding carboxylic acids is 1. The maximum Gasteiger partial charge on any atom is 0.220 e. The van der Waals surface area contributed by atoms with E-state index in [-0.39, 0.29) is 18.6 Å². The number of rotatable bonds is 6. The van der Waals surface area contributed by atoms with Gasteiger partial charge in [0.25, 0.3) is 0 Å². The Labute approximate surface area is 117 Å². The number of nitrogens with one attached hydrogen (secondary N) is 1. The second-order valence-corrected chi connectivity index (χ2v) is 6.11. The standard InChI is InChI=1S/C14H21NO3S/c1-11-14(17,7-8-18-11)10-15-13(16)6-2-4-12-5-3-9-19-12/h3,5,9,11,17H,2,4,6-8,10H2,1H3,(H,15,16). The molecule has 2 atom stereocenters. The molecular weight excluding hydrogens is 262 g/mol. The van der Waals surface area contributed by atoms with Gasteiger partial charge in [0.15, 0.2) is 0 Å². The third-order valence-corrected chi connectivity index (χ3v) is 4.59. The number of aliphatic hydroxyl groups is 1. The minimum absolute atomic E-state index is 0.00378. The first-order valence-corrected chi connectivity index (χ1v) is 7.61. The first kappa shape index (κ1) is 14.5. The van der Waals surface area contributed by atoms with E-state index in [1.54, 1.807) is 11.3 Å². The lowest BCUT2D eigenvalue weighted by Gasteiger charge is -2.26. The van der Waals surface area contributed by atoms with Crippen molar-refractivity contribution in [1.29, 1.82) is 0 Å². The first-order valence-electron chi connectivity index (χ1n) is 6.73. The van der Waals surface area contributed by atoms with Crippen LogP contribution < -0.4 is 5.32 Å². The lowest BCUT2D eigenvalue weighted by atomic mass is 9.96. The molecule has 0 radical (unpaired) electrons. The molecule has 1 amide bonds. The summed E-state index contributed by atoms with van der Waals surface area (Å²) in [5, 5.41) is 15.1. The molecule has 2 rings (SSSR count). The van der Waals surface area contributed by atoms with Gasteiger partial charge in [-0.15, -0.1) is 11.3 Å². The minimum Gasteiger partial charge on any atom is -0.385 e. The summed E-state index contributed by atoms with van der Waals surface area (Å²) >= 11 is 1.72. The van der Waals surface area contributed by atoms with E-state index in [9.17, 15) is 9.90 Å². The van der Waals surface area contributed by atoms with Crippen molar-refractivity contribution in [2.24, 2.45) is 0 Å². The van der Waals surface area contributed by atoms with Crippen LogP contribution in [0.25, 0.3) is 0 Å². The molecule has 4 nitrogen and oxygen atoms in total. The van der Waals surface area contributed by atoms with Crippen molar-refractivity contribution in [2.45, 2.75) is 44.3 Å². The van der Waals surface area contributed by atoms with Crippen molar-refractivity contribution in [3.63, 3.8) is 0 Å². The zero-order valence-corrected chi connectivity index (χ0v) is 12.0. The molecule has 0 spiro atoms. The summed E-state index contributed by atoms with van der Waals surface area (Å²) in [6.45, 7) is 2.69. The molecule has 2 unspecified atom stereocenters. The van der Waals surface area contributed by atoms with E-state index in [1.165, 1.54) is 4.88 Å². The lowest BCUT2D eigenvalue weighted by molar-refractivity contribution is -0.123. The summed E-state index contributed by atoms with van der Waals surface area (Å²) in [5.41, 5.74) is -0.899. The van der Waals surface area contributed by atoms with Gasteiger partial charge >= 0.3 is 0 Å². The van der Waals surface area contributed by atoms with Crippen LogP contribution in [0.15, 0.2) is 17.5 Å². The van der Waals surface area contributed by atoms with E-state index in [4.69, 9.17) is 4.74 Å². The molecule has 0 aromatic carbocycles. The van der Waals surface area contributed by atoms with Crippen molar-refractivity contribution < 1.29 is 14.6 Å². The SMILES string of the molecule is CC1OCCC1(O)CNC(=O)CCCc1cccs1. The van der Waals surface area contributed by atoms with Gasteiger partial charge < -0.3 is 15.2 Å². The van der Waals surface area contributed by atoms with Gasteiger partial charge in [0.2, 0.25) is 5.91 Å². The zero-order chi connectivity index (χ0) is 13.7. The smallest absolute Gasteiger partial charge is 0.220 e. The van der Waals surface area contributed by atoms with Gasteiger partial charge in [0.05, 0.1) is 6.10 Å². The predicted molar refractivity (Wildman–Crippen MR) is 75.2 cm³/mol. The fraction of sp³-hybridized carbons (Fsp3) is 0.643. The van der Waals surface area contributed by atoms with Crippen molar-refractivity contribution in [1.82, 2.24) is 5.32 Å². The Morgan fingerprint density at radius 3 is 3.16 bits per heavy atom. The largest absolute Gasteiger partial charge is 0.385 e. The molecule has 0 aliphatic carbocycles. The number of amides is 1. The molecule has 19 heavy (non-hydrogen) atoms. The molecule has 2 N–H and O–H groups in total. The molecule has 106 valence electrons. The summed E-state index contributed by atoms with van der Waals surface area (Å²) in [7, 11) is 0. The van der Waals surface area contributed by atoms with Gasteiger partial charge in [0.1, 0.15) is 5.60 Å². The summed E-state index contributed by atoms with van der Waals surface area (Å²) in [4.78, 5) is 13.0. The highest BCUT2D eigenvalue weighted by Crippen LogP contribution is 2.24. The Morgan fingerprint density at radius 2 is 2.53 bits per heavy atom. The van der Waals surface area contributed by atoms with Crippen molar-refractivity contribution in [2.75, 3.05) is 13.2 Å². The van der Waals surface area contributed by atoms with E-state index in [0.29, 0.717) is 19.4 Å². The Bertz CT molecular complexity index is 407.